The van der Waals surface area contributed by atoms with Crippen LogP contribution in [0.5, 0.6) is 0 Å². The molecular formula is C18H16N2OS. The highest BCUT2D eigenvalue weighted by atomic mass is 32.1. The molecule has 0 aromatic heterocycles. The average molecular weight is 308 g/mol. The fraction of sp³-hybridized carbons (Fsp3) is 0. The molecule has 4 heteroatoms. The van der Waals surface area contributed by atoms with Gasteiger partial charge in [-0.3, -0.25) is 10.1 Å². The van der Waals surface area contributed by atoms with Crippen molar-refractivity contribution in [2.24, 2.45) is 5.73 Å². The summed E-state index contributed by atoms with van der Waals surface area (Å²) in [6, 6.07) is 25.5. The van der Waals surface area contributed by atoms with Gasteiger partial charge in [-0.25, -0.2) is 0 Å². The highest BCUT2D eigenvalue weighted by Gasteiger charge is 2.03. The molecule has 1 amide bonds. The summed E-state index contributed by atoms with van der Waals surface area (Å²) in [7, 11) is 0. The molecular weight excluding hydrogens is 292 g/mol. The summed E-state index contributed by atoms with van der Waals surface area (Å²) in [4.78, 5) is 11.2. The van der Waals surface area contributed by atoms with Gasteiger partial charge in [0.05, 0.1) is 0 Å². The van der Waals surface area contributed by atoms with Crippen molar-refractivity contribution in [1.82, 2.24) is 5.32 Å². The number of fused-ring (bicyclic) bond motifs is 1. The zero-order valence-corrected chi connectivity index (χ0v) is 12.7. The van der Waals surface area contributed by atoms with Crippen molar-refractivity contribution in [2.75, 3.05) is 0 Å². The number of carbonyl (C=O) groups excluding carboxylic acids is 1. The maximum absolute atomic E-state index is 11.2. The number of carbonyl (C=O) groups is 1. The molecule has 0 spiro atoms. The van der Waals surface area contributed by atoms with Gasteiger partial charge in [0, 0.05) is 5.56 Å². The Morgan fingerprint density at radius 1 is 0.773 bits per heavy atom. The van der Waals surface area contributed by atoms with Crippen LogP contribution in [0.2, 0.25) is 0 Å². The normalized spacial score (nSPS) is 9.45. The van der Waals surface area contributed by atoms with Crippen LogP contribution in [0.1, 0.15) is 10.4 Å². The molecule has 0 fully saturated rings. The molecule has 0 saturated heterocycles. The van der Waals surface area contributed by atoms with Crippen molar-refractivity contribution in [3.05, 3.63) is 84.4 Å². The Morgan fingerprint density at radius 3 is 1.59 bits per heavy atom. The smallest absolute Gasteiger partial charge is 0.257 e. The van der Waals surface area contributed by atoms with E-state index in [0.29, 0.717) is 5.56 Å². The SMILES string of the molecule is NC(=S)NC(=O)c1ccccc1.c1ccc2ccccc2c1. The Hall–Kier alpha value is -2.72. The van der Waals surface area contributed by atoms with E-state index in [0.717, 1.165) is 0 Å². The second-order valence-corrected chi connectivity index (χ2v) is 4.97. The minimum atomic E-state index is -0.275. The minimum absolute atomic E-state index is 0.0103. The largest absolute Gasteiger partial charge is 0.376 e. The van der Waals surface area contributed by atoms with Gasteiger partial charge in [0.1, 0.15) is 0 Å². The molecule has 0 aliphatic heterocycles. The molecule has 3 rings (SSSR count). The summed E-state index contributed by atoms with van der Waals surface area (Å²) in [6.07, 6.45) is 0. The molecule has 0 unspecified atom stereocenters. The molecule has 3 nitrogen and oxygen atoms in total. The fourth-order valence-corrected chi connectivity index (χ4v) is 2.00. The summed E-state index contributed by atoms with van der Waals surface area (Å²) in [5, 5.41) is 4.94. The van der Waals surface area contributed by atoms with Crippen molar-refractivity contribution >= 4 is 34.0 Å². The van der Waals surface area contributed by atoms with Gasteiger partial charge in [-0.1, -0.05) is 66.7 Å². The van der Waals surface area contributed by atoms with E-state index in [4.69, 9.17) is 5.73 Å². The molecule has 0 radical (unpaired) electrons. The van der Waals surface area contributed by atoms with Crippen molar-refractivity contribution < 1.29 is 4.79 Å². The Labute approximate surface area is 134 Å². The molecule has 3 aromatic rings. The third-order valence-electron chi connectivity index (χ3n) is 2.93. The Bertz CT molecular complexity index is 707. The van der Waals surface area contributed by atoms with Crippen molar-refractivity contribution in [1.29, 1.82) is 0 Å². The molecule has 0 aliphatic rings. The summed E-state index contributed by atoms with van der Waals surface area (Å²) in [5.41, 5.74) is 5.68. The van der Waals surface area contributed by atoms with Crippen LogP contribution in [-0.4, -0.2) is 11.0 Å². The first-order valence-corrected chi connectivity index (χ1v) is 7.17. The number of hydrogen-bond acceptors (Lipinski definition) is 2. The topological polar surface area (TPSA) is 55.1 Å². The fourth-order valence-electron chi connectivity index (χ4n) is 1.91. The zero-order chi connectivity index (χ0) is 15.8. The van der Waals surface area contributed by atoms with Gasteiger partial charge in [0.2, 0.25) is 0 Å². The minimum Gasteiger partial charge on any atom is -0.376 e. The monoisotopic (exact) mass is 308 g/mol. The third-order valence-corrected chi connectivity index (χ3v) is 3.03. The lowest BCUT2D eigenvalue weighted by atomic mass is 10.1. The molecule has 3 N–H and O–H groups in total. The third kappa shape index (κ3) is 4.68. The molecule has 3 aromatic carbocycles. The van der Waals surface area contributed by atoms with Crippen LogP contribution in [0, 0.1) is 0 Å². The highest BCUT2D eigenvalue weighted by molar-refractivity contribution is 7.80. The van der Waals surface area contributed by atoms with Crippen LogP contribution in [0.4, 0.5) is 0 Å². The predicted molar refractivity (Wildman–Crippen MR) is 94.6 cm³/mol. The Balaban J connectivity index is 0.000000162. The second kappa shape index (κ2) is 7.90. The molecule has 0 heterocycles. The van der Waals surface area contributed by atoms with Crippen LogP contribution in [0.3, 0.4) is 0 Å². The highest BCUT2D eigenvalue weighted by Crippen LogP contribution is 2.11. The van der Waals surface area contributed by atoms with Crippen molar-refractivity contribution in [3.8, 4) is 0 Å². The molecule has 0 atom stereocenters. The molecule has 22 heavy (non-hydrogen) atoms. The summed E-state index contributed by atoms with van der Waals surface area (Å²) in [5.74, 6) is -0.275. The zero-order valence-electron chi connectivity index (χ0n) is 11.9. The molecule has 0 aliphatic carbocycles. The second-order valence-electron chi connectivity index (χ2n) is 4.53. The maximum Gasteiger partial charge on any atom is 0.257 e. The number of amides is 1. The number of nitrogens with one attached hydrogen (secondary N) is 1. The predicted octanol–water partition coefficient (Wildman–Crippen LogP) is 3.50. The number of thiocarbonyl (C=S) groups is 1. The first-order chi connectivity index (χ1) is 10.7. The lowest BCUT2D eigenvalue weighted by molar-refractivity contribution is 0.0977. The lowest BCUT2D eigenvalue weighted by Crippen LogP contribution is -2.34. The van der Waals surface area contributed by atoms with Crippen molar-refractivity contribution in [2.45, 2.75) is 0 Å². The standard InChI is InChI=1S/C10H8.C8H8N2OS/c1-2-6-10-8-4-3-7-9(10)5-1;9-8(12)10-7(11)6-4-2-1-3-5-6/h1-8H;1-5H,(H3,9,10,11,12). The van der Waals surface area contributed by atoms with Crippen LogP contribution in [0.15, 0.2) is 78.9 Å². The van der Waals surface area contributed by atoms with Gasteiger partial charge < -0.3 is 5.73 Å². The summed E-state index contributed by atoms with van der Waals surface area (Å²) >= 11 is 4.52. The van der Waals surface area contributed by atoms with Gasteiger partial charge in [-0.15, -0.1) is 0 Å². The van der Waals surface area contributed by atoms with E-state index in [1.165, 1.54) is 10.8 Å². The van der Waals surface area contributed by atoms with E-state index in [-0.39, 0.29) is 11.0 Å². The van der Waals surface area contributed by atoms with E-state index < -0.39 is 0 Å². The number of rotatable bonds is 1. The van der Waals surface area contributed by atoms with Crippen LogP contribution in [-0.2, 0) is 0 Å². The molecule has 0 saturated carbocycles. The first kappa shape index (κ1) is 15.7. The van der Waals surface area contributed by atoms with Gasteiger partial charge in [-0.05, 0) is 35.1 Å². The number of nitrogens with two attached hydrogens (primary N) is 1. The lowest BCUT2D eigenvalue weighted by Gasteiger charge is -2.00. The van der Waals surface area contributed by atoms with E-state index >= 15 is 0 Å². The van der Waals surface area contributed by atoms with Crippen LogP contribution in [0.25, 0.3) is 10.8 Å². The Morgan fingerprint density at radius 2 is 1.18 bits per heavy atom. The van der Waals surface area contributed by atoms with Gasteiger partial charge in [0.25, 0.3) is 5.91 Å². The molecule has 0 bridgehead atoms. The number of benzene rings is 3. The average Bonchev–Trinajstić information content (AvgIpc) is 2.56. The van der Waals surface area contributed by atoms with Crippen LogP contribution >= 0.6 is 12.2 Å². The van der Waals surface area contributed by atoms with E-state index in [1.807, 2.05) is 6.07 Å². The first-order valence-electron chi connectivity index (χ1n) is 6.76. The molecule has 110 valence electrons. The van der Waals surface area contributed by atoms with Gasteiger partial charge in [-0.2, -0.15) is 0 Å². The van der Waals surface area contributed by atoms with Crippen molar-refractivity contribution in [3.63, 3.8) is 0 Å². The maximum atomic E-state index is 11.2. The van der Waals surface area contributed by atoms with Gasteiger partial charge in [0.15, 0.2) is 5.11 Å². The van der Waals surface area contributed by atoms with Gasteiger partial charge >= 0.3 is 0 Å². The Kier molecular flexibility index (Phi) is 5.63. The van der Waals surface area contributed by atoms with E-state index in [9.17, 15) is 4.79 Å². The van der Waals surface area contributed by atoms with E-state index in [2.05, 4.69) is 66.1 Å². The quantitative estimate of drug-likeness (QED) is 0.677. The number of hydrogen-bond donors (Lipinski definition) is 2. The van der Waals surface area contributed by atoms with E-state index in [1.54, 1.807) is 24.3 Å². The summed E-state index contributed by atoms with van der Waals surface area (Å²) in [6.45, 7) is 0. The van der Waals surface area contributed by atoms with Crippen LogP contribution < -0.4 is 11.1 Å². The summed E-state index contributed by atoms with van der Waals surface area (Å²) < 4.78 is 0.